The molecule has 0 atom stereocenters. The van der Waals surface area contributed by atoms with Gasteiger partial charge in [0.2, 0.25) is 0 Å². The van der Waals surface area contributed by atoms with Crippen LogP contribution < -0.4 is 10.6 Å². The number of nitrogens with one attached hydrogen (secondary N) is 2. The summed E-state index contributed by atoms with van der Waals surface area (Å²) in [6.45, 7) is 1.47. The lowest BCUT2D eigenvalue weighted by Gasteiger charge is -2.05. The first kappa shape index (κ1) is 15.9. The standard InChI is InChI=1S/C17H14N4O2/c1-12(22)13-4-6-15(7-5-13)21-17(23)14(9-18)10-20-16-3-2-8-19-11-16/h2-8,10-11,20H,1H3,(H,21,23)/b14-10-. The lowest BCUT2D eigenvalue weighted by molar-refractivity contribution is -0.112. The van der Waals surface area contributed by atoms with E-state index in [1.807, 2.05) is 6.07 Å². The molecule has 0 saturated carbocycles. The van der Waals surface area contributed by atoms with E-state index in [4.69, 9.17) is 5.26 Å². The number of carbonyl (C=O) groups excluding carboxylic acids is 2. The van der Waals surface area contributed by atoms with Crippen LogP contribution in [0.2, 0.25) is 0 Å². The number of rotatable bonds is 5. The molecule has 1 heterocycles. The average molecular weight is 306 g/mol. The smallest absolute Gasteiger partial charge is 0.267 e. The highest BCUT2D eigenvalue weighted by molar-refractivity contribution is 6.07. The van der Waals surface area contributed by atoms with E-state index >= 15 is 0 Å². The first-order valence-corrected chi connectivity index (χ1v) is 6.79. The van der Waals surface area contributed by atoms with Crippen LogP contribution in [0.3, 0.4) is 0 Å². The van der Waals surface area contributed by atoms with Crippen molar-refractivity contribution >= 4 is 23.1 Å². The lowest BCUT2D eigenvalue weighted by Crippen LogP contribution is -2.14. The average Bonchev–Trinajstić information content (AvgIpc) is 2.57. The summed E-state index contributed by atoms with van der Waals surface area (Å²) in [7, 11) is 0. The van der Waals surface area contributed by atoms with Crippen LogP contribution in [-0.2, 0) is 4.79 Å². The maximum Gasteiger partial charge on any atom is 0.267 e. The number of pyridine rings is 1. The Labute approximate surface area is 133 Å². The van der Waals surface area contributed by atoms with Gasteiger partial charge in [-0.3, -0.25) is 14.6 Å². The molecular weight excluding hydrogens is 292 g/mol. The van der Waals surface area contributed by atoms with Gasteiger partial charge < -0.3 is 10.6 Å². The molecule has 0 radical (unpaired) electrons. The molecule has 0 fully saturated rings. The highest BCUT2D eigenvalue weighted by atomic mass is 16.1. The Balaban J connectivity index is 2.05. The molecule has 1 aromatic carbocycles. The number of benzene rings is 1. The Morgan fingerprint density at radius 3 is 2.48 bits per heavy atom. The number of hydrogen-bond donors (Lipinski definition) is 2. The van der Waals surface area contributed by atoms with Crippen LogP contribution in [0.25, 0.3) is 0 Å². The van der Waals surface area contributed by atoms with Gasteiger partial charge in [-0.05, 0) is 43.3 Å². The fraction of sp³-hybridized carbons (Fsp3) is 0.0588. The molecule has 0 saturated heterocycles. The Kier molecular flexibility index (Phi) is 5.21. The van der Waals surface area contributed by atoms with Crippen LogP contribution >= 0.6 is 0 Å². The Bertz CT molecular complexity index is 774. The van der Waals surface area contributed by atoms with Gasteiger partial charge in [0.1, 0.15) is 11.6 Å². The molecule has 0 aliphatic carbocycles. The van der Waals surface area contributed by atoms with Gasteiger partial charge in [0, 0.05) is 23.6 Å². The SMILES string of the molecule is CC(=O)c1ccc(NC(=O)/C(C#N)=C\Nc2cccnc2)cc1. The topological polar surface area (TPSA) is 94.9 Å². The normalized spacial score (nSPS) is 10.5. The predicted molar refractivity (Wildman–Crippen MR) is 86.6 cm³/mol. The van der Waals surface area contributed by atoms with Gasteiger partial charge in [-0.15, -0.1) is 0 Å². The van der Waals surface area contributed by atoms with Crippen molar-refractivity contribution in [3.05, 3.63) is 66.1 Å². The van der Waals surface area contributed by atoms with E-state index in [1.54, 1.807) is 48.8 Å². The van der Waals surface area contributed by atoms with Gasteiger partial charge in [0.05, 0.1) is 11.9 Å². The van der Waals surface area contributed by atoms with Gasteiger partial charge in [0.15, 0.2) is 5.78 Å². The Morgan fingerprint density at radius 1 is 1.17 bits per heavy atom. The molecule has 6 nitrogen and oxygen atoms in total. The maximum atomic E-state index is 12.1. The highest BCUT2D eigenvalue weighted by Crippen LogP contribution is 2.11. The van der Waals surface area contributed by atoms with Crippen molar-refractivity contribution in [2.45, 2.75) is 6.92 Å². The third-order valence-corrected chi connectivity index (χ3v) is 2.96. The maximum absolute atomic E-state index is 12.1. The van der Waals surface area contributed by atoms with Gasteiger partial charge in [-0.25, -0.2) is 0 Å². The fourth-order valence-electron chi connectivity index (χ4n) is 1.74. The molecule has 0 bridgehead atoms. The molecule has 6 heteroatoms. The van der Waals surface area contributed by atoms with E-state index in [2.05, 4.69) is 15.6 Å². The summed E-state index contributed by atoms with van der Waals surface area (Å²) >= 11 is 0. The zero-order valence-electron chi connectivity index (χ0n) is 12.4. The largest absolute Gasteiger partial charge is 0.359 e. The fourth-order valence-corrected chi connectivity index (χ4v) is 1.74. The molecule has 23 heavy (non-hydrogen) atoms. The molecule has 2 rings (SSSR count). The molecule has 2 N–H and O–H groups in total. The van der Waals surface area contributed by atoms with E-state index in [0.29, 0.717) is 16.9 Å². The van der Waals surface area contributed by atoms with Crippen molar-refractivity contribution in [1.29, 1.82) is 5.26 Å². The second kappa shape index (κ2) is 7.52. The van der Waals surface area contributed by atoms with Crippen molar-refractivity contribution in [1.82, 2.24) is 4.98 Å². The number of ketones is 1. The van der Waals surface area contributed by atoms with E-state index in [9.17, 15) is 9.59 Å². The van der Waals surface area contributed by atoms with Gasteiger partial charge in [-0.1, -0.05) is 0 Å². The summed E-state index contributed by atoms with van der Waals surface area (Å²) in [5.41, 5.74) is 1.64. The molecule has 1 aromatic heterocycles. The minimum Gasteiger partial charge on any atom is -0.359 e. The molecule has 114 valence electrons. The Hall–Kier alpha value is -3.46. The van der Waals surface area contributed by atoms with Crippen molar-refractivity contribution < 1.29 is 9.59 Å². The summed E-state index contributed by atoms with van der Waals surface area (Å²) in [4.78, 5) is 27.2. The second-order valence-corrected chi connectivity index (χ2v) is 4.64. The van der Waals surface area contributed by atoms with Crippen LogP contribution in [0.15, 0.2) is 60.6 Å². The van der Waals surface area contributed by atoms with Crippen molar-refractivity contribution in [3.63, 3.8) is 0 Å². The van der Waals surface area contributed by atoms with Crippen molar-refractivity contribution in [2.75, 3.05) is 10.6 Å². The summed E-state index contributed by atoms with van der Waals surface area (Å²) < 4.78 is 0. The number of aromatic nitrogens is 1. The number of nitrogens with zero attached hydrogens (tertiary/aromatic N) is 2. The number of hydrogen-bond acceptors (Lipinski definition) is 5. The summed E-state index contributed by atoms with van der Waals surface area (Å²) in [5, 5.41) is 14.5. The second-order valence-electron chi connectivity index (χ2n) is 4.64. The molecular formula is C17H14N4O2. The third kappa shape index (κ3) is 4.51. The van der Waals surface area contributed by atoms with Crippen LogP contribution in [0.5, 0.6) is 0 Å². The van der Waals surface area contributed by atoms with E-state index in [0.717, 1.165) is 0 Å². The minimum absolute atomic E-state index is 0.0545. The number of amides is 1. The lowest BCUT2D eigenvalue weighted by atomic mass is 10.1. The first-order valence-electron chi connectivity index (χ1n) is 6.79. The summed E-state index contributed by atoms with van der Waals surface area (Å²) in [5.74, 6) is -0.597. The van der Waals surface area contributed by atoms with Crippen molar-refractivity contribution in [2.24, 2.45) is 0 Å². The molecule has 0 aliphatic heterocycles. The highest BCUT2D eigenvalue weighted by Gasteiger charge is 2.09. The van der Waals surface area contributed by atoms with Crippen LogP contribution in [0, 0.1) is 11.3 Å². The van der Waals surface area contributed by atoms with E-state index < -0.39 is 5.91 Å². The van der Waals surface area contributed by atoms with Crippen molar-refractivity contribution in [3.8, 4) is 6.07 Å². The third-order valence-electron chi connectivity index (χ3n) is 2.96. The van der Waals surface area contributed by atoms with Crippen LogP contribution in [0.1, 0.15) is 17.3 Å². The number of nitriles is 1. The van der Waals surface area contributed by atoms with E-state index in [1.165, 1.54) is 13.1 Å². The van der Waals surface area contributed by atoms with Gasteiger partial charge in [0.25, 0.3) is 5.91 Å². The first-order chi connectivity index (χ1) is 11.1. The number of anilines is 2. The van der Waals surface area contributed by atoms with Crippen LogP contribution in [-0.4, -0.2) is 16.7 Å². The summed E-state index contributed by atoms with van der Waals surface area (Å²) in [6, 6.07) is 11.8. The zero-order valence-corrected chi connectivity index (χ0v) is 12.4. The van der Waals surface area contributed by atoms with Gasteiger partial charge >= 0.3 is 0 Å². The van der Waals surface area contributed by atoms with E-state index in [-0.39, 0.29) is 11.4 Å². The molecule has 0 spiro atoms. The zero-order chi connectivity index (χ0) is 16.7. The number of Topliss-reactive ketones (excluding diaryl/α,β-unsaturated/α-hetero) is 1. The Morgan fingerprint density at radius 2 is 1.91 bits per heavy atom. The molecule has 1 amide bonds. The number of carbonyl (C=O) groups is 2. The monoisotopic (exact) mass is 306 g/mol. The van der Waals surface area contributed by atoms with Crippen LogP contribution in [0.4, 0.5) is 11.4 Å². The summed E-state index contributed by atoms with van der Waals surface area (Å²) in [6.07, 6.45) is 4.51. The van der Waals surface area contributed by atoms with Gasteiger partial charge in [-0.2, -0.15) is 5.26 Å². The molecule has 0 unspecified atom stereocenters. The molecule has 2 aromatic rings. The molecule has 0 aliphatic rings. The predicted octanol–water partition coefficient (Wildman–Crippen LogP) is 2.74. The quantitative estimate of drug-likeness (QED) is 0.503. The minimum atomic E-state index is -0.542.